The first-order chi connectivity index (χ1) is 9.86. The molecule has 2 atom stereocenters. The van der Waals surface area contributed by atoms with Crippen LogP contribution in [0.5, 0.6) is 0 Å². The Labute approximate surface area is 135 Å². The molecule has 0 amide bonds. The van der Waals surface area contributed by atoms with Crippen LogP contribution in [0, 0.1) is 10.1 Å². The highest BCUT2D eigenvalue weighted by atomic mass is 35.5. The van der Waals surface area contributed by atoms with Gasteiger partial charge in [-0.2, -0.15) is 0 Å². The molecule has 0 aliphatic rings. The van der Waals surface area contributed by atoms with Crippen molar-refractivity contribution in [2.75, 3.05) is 14.1 Å². The van der Waals surface area contributed by atoms with E-state index in [9.17, 15) is 10.1 Å². The van der Waals surface area contributed by atoms with Crippen LogP contribution in [0.1, 0.15) is 24.3 Å². The van der Waals surface area contributed by atoms with Crippen LogP contribution in [0.2, 0.25) is 5.02 Å². The highest BCUT2D eigenvalue weighted by Crippen LogP contribution is 2.29. The van der Waals surface area contributed by atoms with Gasteiger partial charge in [-0.15, -0.1) is 6.58 Å². The summed E-state index contributed by atoms with van der Waals surface area (Å²) in [5.41, 5.74) is 0.868. The van der Waals surface area contributed by atoms with Gasteiger partial charge in [-0.05, 0) is 17.7 Å². The predicted octanol–water partition coefficient (Wildman–Crippen LogP) is 3.92. The maximum Gasteiger partial charge on any atom is 0.223 e. The third kappa shape index (κ3) is 5.10. The molecule has 21 heavy (non-hydrogen) atoms. The number of halogens is 1. The van der Waals surface area contributed by atoms with Crippen molar-refractivity contribution in [2.45, 2.75) is 24.8 Å². The summed E-state index contributed by atoms with van der Waals surface area (Å²) in [6.45, 7) is 3.62. The second kappa shape index (κ2) is 8.10. The molecule has 0 unspecified atom stereocenters. The third-order valence-corrected chi connectivity index (χ3v) is 4.12. The van der Waals surface area contributed by atoms with E-state index >= 15 is 0 Å². The fourth-order valence-electron chi connectivity index (χ4n) is 2.12. The minimum Gasteiger partial charge on any atom is -0.372 e. The summed E-state index contributed by atoms with van der Waals surface area (Å²) in [5.74, 6) is -0.301. The van der Waals surface area contributed by atoms with Gasteiger partial charge in [-0.3, -0.25) is 10.1 Å². The lowest BCUT2D eigenvalue weighted by Gasteiger charge is -2.23. The molecule has 4 nitrogen and oxygen atoms in total. The summed E-state index contributed by atoms with van der Waals surface area (Å²) in [7, 11) is 3.69. The third-order valence-electron chi connectivity index (χ3n) is 3.33. The zero-order valence-corrected chi connectivity index (χ0v) is 13.7. The Morgan fingerprint density at radius 1 is 1.48 bits per heavy atom. The minimum atomic E-state index is -0.749. The van der Waals surface area contributed by atoms with Gasteiger partial charge >= 0.3 is 0 Å². The average Bonchev–Trinajstić information content (AvgIpc) is 2.43. The van der Waals surface area contributed by atoms with Gasteiger partial charge in [-0.1, -0.05) is 42.0 Å². The van der Waals surface area contributed by atoms with E-state index in [-0.39, 0.29) is 10.8 Å². The fraction of sp³-hybridized carbons (Fsp3) is 0.400. The molecule has 1 aromatic carbocycles. The summed E-state index contributed by atoms with van der Waals surface area (Å²) >= 11 is 11.2. The largest absolute Gasteiger partial charge is 0.372 e. The molecule has 6 heteroatoms. The van der Waals surface area contributed by atoms with Crippen molar-refractivity contribution in [3.05, 3.63) is 57.6 Å². The quantitative estimate of drug-likeness (QED) is 0.330. The molecule has 0 radical (unpaired) electrons. The molecule has 0 N–H and O–H groups in total. The highest BCUT2D eigenvalue weighted by Gasteiger charge is 2.32. The van der Waals surface area contributed by atoms with Crippen molar-refractivity contribution in [3.8, 4) is 0 Å². The molecule has 0 aliphatic carbocycles. The molecule has 0 saturated heterocycles. The number of thiocarbonyl (C=S) groups is 1. The summed E-state index contributed by atoms with van der Waals surface area (Å²) in [6, 6.07) is 6.39. The summed E-state index contributed by atoms with van der Waals surface area (Å²) in [4.78, 5) is 13.6. The standard InChI is InChI=1S/C15H19ClN2O2S/c1-4-5-14(18(19)20)13(10-15(21)17(2)3)11-6-8-12(16)9-7-11/h4,6-9,13-14H,1,5,10H2,2-3H3/t13-,14+/m1/s1. The van der Waals surface area contributed by atoms with Crippen molar-refractivity contribution in [2.24, 2.45) is 0 Å². The van der Waals surface area contributed by atoms with Crippen LogP contribution < -0.4 is 0 Å². The lowest BCUT2D eigenvalue weighted by molar-refractivity contribution is -0.525. The van der Waals surface area contributed by atoms with E-state index in [0.717, 1.165) is 5.56 Å². The van der Waals surface area contributed by atoms with Gasteiger partial charge in [0.25, 0.3) is 0 Å². The zero-order chi connectivity index (χ0) is 16.0. The molecule has 0 heterocycles. The average molecular weight is 327 g/mol. The predicted molar refractivity (Wildman–Crippen MR) is 90.7 cm³/mol. The molecular weight excluding hydrogens is 308 g/mol. The van der Waals surface area contributed by atoms with Gasteiger partial charge in [0.2, 0.25) is 6.04 Å². The molecule has 0 aliphatic heterocycles. The molecule has 0 spiro atoms. The zero-order valence-electron chi connectivity index (χ0n) is 12.2. The molecule has 0 fully saturated rings. The van der Waals surface area contributed by atoms with Gasteiger partial charge in [0.15, 0.2) is 0 Å². The van der Waals surface area contributed by atoms with Crippen molar-refractivity contribution < 1.29 is 4.92 Å². The van der Waals surface area contributed by atoms with Crippen molar-refractivity contribution in [1.82, 2.24) is 4.90 Å². The van der Waals surface area contributed by atoms with Crippen LogP contribution in [-0.4, -0.2) is 34.9 Å². The topological polar surface area (TPSA) is 46.4 Å². The molecule has 114 valence electrons. The lowest BCUT2D eigenvalue weighted by atomic mass is 9.87. The summed E-state index contributed by atoms with van der Waals surface area (Å²) in [6.07, 6.45) is 2.33. The second-order valence-electron chi connectivity index (χ2n) is 5.03. The second-order valence-corrected chi connectivity index (χ2v) is 5.94. The molecule has 1 aromatic rings. The van der Waals surface area contributed by atoms with E-state index < -0.39 is 6.04 Å². The van der Waals surface area contributed by atoms with E-state index in [0.29, 0.717) is 22.9 Å². The first-order valence-electron chi connectivity index (χ1n) is 6.56. The Bertz CT molecular complexity index is 517. The number of nitrogens with zero attached hydrogens (tertiary/aromatic N) is 2. The van der Waals surface area contributed by atoms with E-state index in [2.05, 4.69) is 6.58 Å². The minimum absolute atomic E-state index is 0.251. The van der Waals surface area contributed by atoms with Crippen molar-refractivity contribution in [3.63, 3.8) is 0 Å². The monoisotopic (exact) mass is 326 g/mol. The fourth-order valence-corrected chi connectivity index (χ4v) is 2.43. The van der Waals surface area contributed by atoms with E-state index in [1.54, 1.807) is 18.2 Å². The van der Waals surface area contributed by atoms with Crippen LogP contribution in [0.3, 0.4) is 0 Å². The number of rotatable bonds is 7. The number of nitro groups is 1. The molecule has 0 aromatic heterocycles. The van der Waals surface area contributed by atoms with Gasteiger partial charge in [0, 0.05) is 36.9 Å². The molecule has 0 bridgehead atoms. The van der Waals surface area contributed by atoms with Crippen molar-refractivity contribution in [1.29, 1.82) is 0 Å². The smallest absolute Gasteiger partial charge is 0.223 e. The molecule has 1 rings (SSSR count). The van der Waals surface area contributed by atoms with Crippen LogP contribution in [0.25, 0.3) is 0 Å². The number of benzene rings is 1. The lowest BCUT2D eigenvalue weighted by Crippen LogP contribution is -2.31. The van der Waals surface area contributed by atoms with Gasteiger partial charge in [0.05, 0.1) is 10.9 Å². The molecular formula is C15H19ClN2O2S. The van der Waals surface area contributed by atoms with Gasteiger partial charge in [-0.25, -0.2) is 0 Å². The molecule has 0 saturated carbocycles. The Balaban J connectivity index is 3.14. The van der Waals surface area contributed by atoms with Crippen LogP contribution in [0.15, 0.2) is 36.9 Å². The number of hydrogen-bond acceptors (Lipinski definition) is 3. The van der Waals surface area contributed by atoms with Crippen LogP contribution in [-0.2, 0) is 0 Å². The first kappa shape index (κ1) is 17.6. The summed E-state index contributed by atoms with van der Waals surface area (Å²) < 4.78 is 0. The summed E-state index contributed by atoms with van der Waals surface area (Å²) in [5, 5.41) is 12.0. The normalized spacial score (nSPS) is 13.3. The Morgan fingerprint density at radius 3 is 2.48 bits per heavy atom. The van der Waals surface area contributed by atoms with E-state index in [4.69, 9.17) is 23.8 Å². The van der Waals surface area contributed by atoms with E-state index in [1.807, 2.05) is 31.1 Å². The Kier molecular flexibility index (Phi) is 6.78. The van der Waals surface area contributed by atoms with Crippen LogP contribution in [0.4, 0.5) is 0 Å². The Morgan fingerprint density at radius 2 is 2.05 bits per heavy atom. The van der Waals surface area contributed by atoms with Crippen LogP contribution >= 0.6 is 23.8 Å². The highest BCUT2D eigenvalue weighted by molar-refractivity contribution is 7.80. The first-order valence-corrected chi connectivity index (χ1v) is 7.35. The Hall–Kier alpha value is -1.46. The van der Waals surface area contributed by atoms with Crippen molar-refractivity contribution >= 4 is 28.8 Å². The maximum absolute atomic E-state index is 11.4. The van der Waals surface area contributed by atoms with Gasteiger partial charge in [0.1, 0.15) is 0 Å². The maximum atomic E-state index is 11.4. The van der Waals surface area contributed by atoms with E-state index in [1.165, 1.54) is 0 Å². The van der Waals surface area contributed by atoms with Gasteiger partial charge < -0.3 is 4.90 Å². The SMILES string of the molecule is C=CC[C@@H]([C@H](CC(=S)N(C)C)c1ccc(Cl)cc1)[N+](=O)[O-]. The number of hydrogen-bond donors (Lipinski definition) is 0.